The van der Waals surface area contributed by atoms with Crippen LogP contribution in [0.4, 0.5) is 5.69 Å². The lowest BCUT2D eigenvalue weighted by atomic mass is 10.0. The molecule has 2 aliphatic rings. The lowest BCUT2D eigenvalue weighted by Crippen LogP contribution is -2.34. The van der Waals surface area contributed by atoms with Gasteiger partial charge in [-0.05, 0) is 37.4 Å². The van der Waals surface area contributed by atoms with Gasteiger partial charge < -0.3 is 10.1 Å². The molecular formula is C19H23N3O3S. The molecule has 0 radical (unpaired) electrons. The molecule has 2 aromatic rings. The van der Waals surface area contributed by atoms with E-state index in [2.05, 4.69) is 15.0 Å². The van der Waals surface area contributed by atoms with Crippen molar-refractivity contribution in [2.45, 2.75) is 18.9 Å². The monoisotopic (exact) mass is 373 g/mol. The van der Waals surface area contributed by atoms with E-state index in [0.717, 1.165) is 37.1 Å². The van der Waals surface area contributed by atoms with Crippen molar-refractivity contribution in [2.24, 2.45) is 11.8 Å². The van der Waals surface area contributed by atoms with Crippen LogP contribution in [0.2, 0.25) is 0 Å². The molecule has 26 heavy (non-hydrogen) atoms. The van der Waals surface area contributed by atoms with Gasteiger partial charge in [0.15, 0.2) is 0 Å². The molecule has 1 aliphatic carbocycles. The number of hydrogen-bond donors (Lipinski definition) is 2. The minimum absolute atomic E-state index is 0.194. The Labute approximate surface area is 154 Å². The molecule has 2 fully saturated rings. The molecule has 1 aromatic carbocycles. The molecule has 1 saturated carbocycles. The van der Waals surface area contributed by atoms with E-state index in [9.17, 15) is 8.42 Å². The number of fused-ring (bicyclic) bond motifs is 2. The highest BCUT2D eigenvalue weighted by molar-refractivity contribution is 7.92. The van der Waals surface area contributed by atoms with Crippen molar-refractivity contribution in [3.8, 4) is 16.9 Å². The number of pyridine rings is 1. The SMILES string of the molecule is CS(=O)(=O)Nc1ccncc1-c1ccccc1O[C@H]1C[C@@H]2CNC[C@H]1C2. The highest BCUT2D eigenvalue weighted by Crippen LogP contribution is 2.40. The summed E-state index contributed by atoms with van der Waals surface area (Å²) in [6.45, 7) is 2.07. The fraction of sp³-hybridized carbons (Fsp3) is 0.421. The summed E-state index contributed by atoms with van der Waals surface area (Å²) in [4.78, 5) is 4.18. The van der Waals surface area contributed by atoms with Crippen LogP contribution < -0.4 is 14.8 Å². The molecule has 0 amide bonds. The topological polar surface area (TPSA) is 80.3 Å². The molecule has 7 heteroatoms. The van der Waals surface area contributed by atoms with E-state index in [1.54, 1.807) is 18.5 Å². The van der Waals surface area contributed by atoms with Crippen molar-refractivity contribution in [3.05, 3.63) is 42.7 Å². The summed E-state index contributed by atoms with van der Waals surface area (Å²) in [5.41, 5.74) is 2.07. The van der Waals surface area contributed by atoms with Gasteiger partial charge in [-0.2, -0.15) is 0 Å². The average Bonchev–Trinajstić information content (AvgIpc) is 2.88. The molecule has 0 unspecified atom stereocenters. The Morgan fingerprint density at radius 3 is 2.81 bits per heavy atom. The molecule has 2 heterocycles. The number of hydrogen-bond acceptors (Lipinski definition) is 5. The van der Waals surface area contributed by atoms with Crippen molar-refractivity contribution < 1.29 is 13.2 Å². The van der Waals surface area contributed by atoms with Gasteiger partial charge in [0.1, 0.15) is 11.9 Å². The first-order valence-corrected chi connectivity index (χ1v) is 10.8. The number of nitrogens with one attached hydrogen (secondary N) is 2. The van der Waals surface area contributed by atoms with Crippen molar-refractivity contribution in [2.75, 3.05) is 24.1 Å². The second kappa shape index (κ2) is 6.89. The number of sulfonamides is 1. The van der Waals surface area contributed by atoms with Crippen molar-refractivity contribution in [1.82, 2.24) is 10.3 Å². The summed E-state index contributed by atoms with van der Waals surface area (Å²) >= 11 is 0. The number of aromatic nitrogens is 1. The average molecular weight is 373 g/mol. The molecule has 4 rings (SSSR count). The summed E-state index contributed by atoms with van der Waals surface area (Å²) < 4.78 is 32.4. The zero-order valence-corrected chi connectivity index (χ0v) is 15.5. The summed E-state index contributed by atoms with van der Waals surface area (Å²) in [6.07, 6.45) is 6.86. The largest absolute Gasteiger partial charge is 0.489 e. The maximum Gasteiger partial charge on any atom is 0.229 e. The molecule has 1 aliphatic heterocycles. The van der Waals surface area contributed by atoms with Crippen LogP contribution in [0.3, 0.4) is 0 Å². The predicted octanol–water partition coefficient (Wildman–Crippen LogP) is 2.50. The van der Waals surface area contributed by atoms with E-state index >= 15 is 0 Å². The van der Waals surface area contributed by atoms with Gasteiger partial charge in [0.05, 0.1) is 11.9 Å². The predicted molar refractivity (Wildman–Crippen MR) is 102 cm³/mol. The van der Waals surface area contributed by atoms with E-state index in [-0.39, 0.29) is 6.10 Å². The third-order valence-electron chi connectivity index (χ3n) is 5.14. The van der Waals surface area contributed by atoms with Gasteiger partial charge in [-0.25, -0.2) is 8.42 Å². The van der Waals surface area contributed by atoms with E-state index in [1.807, 2.05) is 24.3 Å². The minimum Gasteiger partial charge on any atom is -0.489 e. The fourth-order valence-corrected chi connectivity index (χ4v) is 4.63. The molecule has 138 valence electrons. The minimum atomic E-state index is -3.38. The van der Waals surface area contributed by atoms with Crippen LogP contribution in [0, 0.1) is 11.8 Å². The van der Waals surface area contributed by atoms with Gasteiger partial charge in [0.25, 0.3) is 0 Å². The molecule has 3 atom stereocenters. The van der Waals surface area contributed by atoms with E-state index in [4.69, 9.17) is 4.74 Å². The van der Waals surface area contributed by atoms with E-state index in [1.165, 1.54) is 6.42 Å². The van der Waals surface area contributed by atoms with Gasteiger partial charge in [-0.15, -0.1) is 0 Å². The second-order valence-electron chi connectivity index (χ2n) is 7.20. The highest BCUT2D eigenvalue weighted by atomic mass is 32.2. The molecule has 0 spiro atoms. The van der Waals surface area contributed by atoms with E-state index in [0.29, 0.717) is 23.1 Å². The third-order valence-corrected chi connectivity index (χ3v) is 5.73. The smallest absolute Gasteiger partial charge is 0.229 e. The Kier molecular flexibility index (Phi) is 4.58. The van der Waals surface area contributed by atoms with E-state index < -0.39 is 10.0 Å². The number of benzene rings is 1. The Morgan fingerprint density at radius 2 is 2.00 bits per heavy atom. The molecule has 6 nitrogen and oxygen atoms in total. The summed E-state index contributed by atoms with van der Waals surface area (Å²) in [7, 11) is -3.38. The Bertz CT molecular complexity index is 900. The first-order chi connectivity index (χ1) is 12.5. The summed E-state index contributed by atoms with van der Waals surface area (Å²) in [6, 6.07) is 9.42. The number of nitrogens with zero attached hydrogens (tertiary/aromatic N) is 1. The zero-order chi connectivity index (χ0) is 18.1. The van der Waals surface area contributed by atoms with Crippen molar-refractivity contribution in [3.63, 3.8) is 0 Å². The fourth-order valence-electron chi connectivity index (χ4n) is 4.05. The lowest BCUT2D eigenvalue weighted by molar-refractivity contribution is 0.161. The summed E-state index contributed by atoms with van der Waals surface area (Å²) in [5.74, 6) is 1.99. The standard InChI is InChI=1S/C19H23N3O3S/c1-26(23,24)22-17-6-7-20-12-16(17)15-4-2-3-5-18(15)25-19-9-13-8-14(19)11-21-10-13/h2-7,12-14,19,21H,8-11H2,1H3,(H,20,22)/t13-,14-,19+/m1/s1. The quantitative estimate of drug-likeness (QED) is 0.842. The van der Waals surface area contributed by atoms with Crippen LogP contribution in [-0.2, 0) is 10.0 Å². The normalized spacial score (nSPS) is 25.0. The molecule has 2 N–H and O–H groups in total. The number of ether oxygens (including phenoxy) is 1. The maximum absolute atomic E-state index is 11.7. The number of rotatable bonds is 5. The number of anilines is 1. The number of piperidine rings is 1. The van der Waals surface area contributed by atoms with Crippen LogP contribution in [0.25, 0.3) is 11.1 Å². The first-order valence-electron chi connectivity index (χ1n) is 8.88. The van der Waals surface area contributed by atoms with Crippen LogP contribution in [0.5, 0.6) is 5.75 Å². The first kappa shape index (κ1) is 17.3. The highest BCUT2D eigenvalue weighted by Gasteiger charge is 2.38. The Hall–Kier alpha value is -2.12. The second-order valence-corrected chi connectivity index (χ2v) is 8.95. The maximum atomic E-state index is 11.7. The molecule has 1 saturated heterocycles. The molecular weight excluding hydrogens is 350 g/mol. The van der Waals surface area contributed by atoms with Gasteiger partial charge in [-0.1, -0.05) is 18.2 Å². The van der Waals surface area contributed by atoms with Crippen LogP contribution >= 0.6 is 0 Å². The van der Waals surface area contributed by atoms with Crippen molar-refractivity contribution >= 4 is 15.7 Å². The van der Waals surface area contributed by atoms with Gasteiger partial charge >= 0.3 is 0 Å². The van der Waals surface area contributed by atoms with Crippen molar-refractivity contribution in [1.29, 1.82) is 0 Å². The Balaban J connectivity index is 1.67. The van der Waals surface area contributed by atoms with Gasteiger partial charge in [0, 0.05) is 36.0 Å². The van der Waals surface area contributed by atoms with Gasteiger partial charge in [-0.3, -0.25) is 9.71 Å². The Morgan fingerprint density at radius 1 is 1.15 bits per heavy atom. The van der Waals surface area contributed by atoms with Crippen LogP contribution in [-0.4, -0.2) is 38.9 Å². The third kappa shape index (κ3) is 3.68. The van der Waals surface area contributed by atoms with Crippen LogP contribution in [0.15, 0.2) is 42.7 Å². The molecule has 1 aromatic heterocycles. The number of para-hydroxylation sites is 1. The van der Waals surface area contributed by atoms with Gasteiger partial charge in [0.2, 0.25) is 10.0 Å². The summed E-state index contributed by atoms with van der Waals surface area (Å²) in [5, 5.41) is 3.48. The van der Waals surface area contributed by atoms with Crippen LogP contribution in [0.1, 0.15) is 12.8 Å². The lowest BCUT2D eigenvalue weighted by Gasteiger charge is -2.24. The zero-order valence-electron chi connectivity index (χ0n) is 14.7. The molecule has 2 bridgehead atoms.